The topological polar surface area (TPSA) is 87.5 Å². The standard InChI is InChI=1S/C24H19ClF2N4O4/c1-33-19-10-13(11-20(34-2)21(19)35-3)23-29-22(24(32)28-18-7-5-4-6-17(18)27)30-31(23)14-8-9-16(26)15(25)12-14/h4-12H,1-3H3,(H,28,32). The van der Waals surface area contributed by atoms with Gasteiger partial charge in [-0.15, -0.1) is 5.10 Å². The van der Waals surface area contributed by atoms with Crippen molar-refractivity contribution in [3.63, 3.8) is 0 Å². The quantitative estimate of drug-likeness (QED) is 0.378. The molecular formula is C24H19ClF2N4O4. The van der Waals surface area contributed by atoms with Crippen molar-refractivity contribution in [3.05, 3.63) is 77.1 Å². The molecule has 0 fully saturated rings. The Kier molecular flexibility index (Phi) is 6.83. The molecule has 1 aromatic heterocycles. The second-order valence-electron chi connectivity index (χ2n) is 7.12. The van der Waals surface area contributed by atoms with Crippen LogP contribution in [0.15, 0.2) is 54.6 Å². The molecule has 35 heavy (non-hydrogen) atoms. The van der Waals surface area contributed by atoms with E-state index >= 15 is 0 Å². The van der Waals surface area contributed by atoms with E-state index in [0.29, 0.717) is 28.5 Å². The van der Waals surface area contributed by atoms with Crippen molar-refractivity contribution in [2.75, 3.05) is 26.6 Å². The molecule has 0 unspecified atom stereocenters. The summed E-state index contributed by atoms with van der Waals surface area (Å²) in [5, 5.41) is 6.58. The number of nitrogens with one attached hydrogen (secondary N) is 1. The molecule has 0 bridgehead atoms. The summed E-state index contributed by atoms with van der Waals surface area (Å²) in [6, 6.07) is 12.9. The number of hydrogen-bond acceptors (Lipinski definition) is 6. The van der Waals surface area contributed by atoms with Crippen LogP contribution in [0.2, 0.25) is 5.02 Å². The Morgan fingerprint density at radius 3 is 2.23 bits per heavy atom. The van der Waals surface area contributed by atoms with Crippen LogP contribution in [0.4, 0.5) is 14.5 Å². The van der Waals surface area contributed by atoms with E-state index in [9.17, 15) is 13.6 Å². The van der Waals surface area contributed by atoms with Crippen LogP contribution in [0.3, 0.4) is 0 Å². The molecule has 1 heterocycles. The highest BCUT2D eigenvalue weighted by molar-refractivity contribution is 6.30. The summed E-state index contributed by atoms with van der Waals surface area (Å²) in [6.07, 6.45) is 0. The lowest BCUT2D eigenvalue weighted by Gasteiger charge is -2.14. The highest BCUT2D eigenvalue weighted by Crippen LogP contribution is 2.41. The van der Waals surface area contributed by atoms with Gasteiger partial charge < -0.3 is 19.5 Å². The van der Waals surface area contributed by atoms with Crippen LogP contribution < -0.4 is 19.5 Å². The lowest BCUT2D eigenvalue weighted by atomic mass is 10.1. The summed E-state index contributed by atoms with van der Waals surface area (Å²) in [6.45, 7) is 0. The molecular weight excluding hydrogens is 482 g/mol. The summed E-state index contributed by atoms with van der Waals surface area (Å²) in [5.41, 5.74) is 0.739. The van der Waals surface area contributed by atoms with Gasteiger partial charge in [0, 0.05) is 5.56 Å². The van der Waals surface area contributed by atoms with E-state index in [4.69, 9.17) is 25.8 Å². The number of benzene rings is 3. The van der Waals surface area contributed by atoms with Crippen molar-refractivity contribution < 1.29 is 27.8 Å². The Labute approximate surface area is 204 Å². The van der Waals surface area contributed by atoms with Gasteiger partial charge in [-0.25, -0.2) is 18.4 Å². The number of carbonyl (C=O) groups excluding carboxylic acids is 1. The van der Waals surface area contributed by atoms with E-state index in [1.54, 1.807) is 18.2 Å². The van der Waals surface area contributed by atoms with Crippen LogP contribution in [0.25, 0.3) is 17.1 Å². The molecule has 0 aliphatic carbocycles. The Morgan fingerprint density at radius 2 is 1.63 bits per heavy atom. The summed E-state index contributed by atoms with van der Waals surface area (Å²) >= 11 is 5.98. The number of carbonyl (C=O) groups is 1. The fraction of sp³-hybridized carbons (Fsp3) is 0.125. The van der Waals surface area contributed by atoms with E-state index in [1.165, 1.54) is 56.3 Å². The van der Waals surface area contributed by atoms with Crippen LogP contribution in [-0.4, -0.2) is 42.0 Å². The molecule has 1 amide bonds. The number of nitrogens with zero attached hydrogens (tertiary/aromatic N) is 3. The number of rotatable bonds is 7. The fourth-order valence-corrected chi connectivity index (χ4v) is 3.52. The molecule has 0 radical (unpaired) electrons. The minimum Gasteiger partial charge on any atom is -0.493 e. The third kappa shape index (κ3) is 4.73. The van der Waals surface area contributed by atoms with Gasteiger partial charge >= 0.3 is 0 Å². The molecule has 4 rings (SSSR count). The van der Waals surface area contributed by atoms with Crippen molar-refractivity contribution in [1.29, 1.82) is 0 Å². The molecule has 0 aliphatic heterocycles. The van der Waals surface area contributed by atoms with E-state index in [2.05, 4.69) is 15.4 Å². The van der Waals surface area contributed by atoms with Gasteiger partial charge in [0.2, 0.25) is 11.6 Å². The first kappa shape index (κ1) is 24.0. The van der Waals surface area contributed by atoms with E-state index in [1.807, 2.05) is 0 Å². The third-order valence-electron chi connectivity index (χ3n) is 5.00. The second kappa shape index (κ2) is 9.98. The molecule has 8 nitrogen and oxygen atoms in total. The zero-order chi connectivity index (χ0) is 25.1. The highest BCUT2D eigenvalue weighted by Gasteiger charge is 2.23. The van der Waals surface area contributed by atoms with Gasteiger partial charge in [0.25, 0.3) is 5.91 Å². The number of para-hydroxylation sites is 1. The molecule has 0 saturated heterocycles. The van der Waals surface area contributed by atoms with Crippen LogP contribution in [0.1, 0.15) is 10.6 Å². The zero-order valence-corrected chi connectivity index (χ0v) is 19.6. The number of aromatic nitrogens is 3. The molecule has 4 aromatic rings. The lowest BCUT2D eigenvalue weighted by molar-refractivity contribution is 0.101. The van der Waals surface area contributed by atoms with E-state index < -0.39 is 17.5 Å². The minimum absolute atomic E-state index is 0.0342. The molecule has 0 spiro atoms. The number of anilines is 1. The molecule has 0 saturated carbocycles. The van der Waals surface area contributed by atoms with Gasteiger partial charge in [0.1, 0.15) is 11.6 Å². The predicted molar refractivity (Wildman–Crippen MR) is 126 cm³/mol. The van der Waals surface area contributed by atoms with Crippen molar-refractivity contribution in [2.24, 2.45) is 0 Å². The van der Waals surface area contributed by atoms with Gasteiger partial charge in [0.15, 0.2) is 17.3 Å². The predicted octanol–water partition coefficient (Wildman–Crippen LogP) is 5.14. The molecule has 11 heteroatoms. The summed E-state index contributed by atoms with van der Waals surface area (Å²) in [5.74, 6) is -1.04. The number of amides is 1. The van der Waals surface area contributed by atoms with E-state index in [-0.39, 0.29) is 22.4 Å². The second-order valence-corrected chi connectivity index (χ2v) is 7.52. The van der Waals surface area contributed by atoms with Crippen molar-refractivity contribution in [2.45, 2.75) is 0 Å². The summed E-state index contributed by atoms with van der Waals surface area (Å²) in [4.78, 5) is 17.3. The number of ether oxygens (including phenoxy) is 3. The first-order valence-electron chi connectivity index (χ1n) is 10.1. The molecule has 0 atom stereocenters. The molecule has 0 aliphatic rings. The summed E-state index contributed by atoms with van der Waals surface area (Å²) in [7, 11) is 4.38. The number of halogens is 3. The van der Waals surface area contributed by atoms with Gasteiger partial charge in [-0.1, -0.05) is 23.7 Å². The minimum atomic E-state index is -0.754. The van der Waals surface area contributed by atoms with Crippen molar-refractivity contribution in [1.82, 2.24) is 14.8 Å². The maximum absolute atomic E-state index is 14.0. The van der Waals surface area contributed by atoms with Crippen molar-refractivity contribution in [3.8, 4) is 34.3 Å². The van der Waals surface area contributed by atoms with Crippen LogP contribution in [0, 0.1) is 11.6 Å². The van der Waals surface area contributed by atoms with Gasteiger partial charge in [-0.05, 0) is 42.5 Å². The first-order chi connectivity index (χ1) is 16.9. The number of methoxy groups -OCH3 is 3. The Balaban J connectivity index is 1.87. The largest absolute Gasteiger partial charge is 0.493 e. The Hall–Kier alpha value is -4.18. The van der Waals surface area contributed by atoms with Crippen molar-refractivity contribution >= 4 is 23.2 Å². The van der Waals surface area contributed by atoms with Crippen LogP contribution in [0.5, 0.6) is 17.2 Å². The van der Waals surface area contributed by atoms with Gasteiger partial charge in [-0.2, -0.15) is 0 Å². The maximum Gasteiger partial charge on any atom is 0.295 e. The normalized spacial score (nSPS) is 10.7. The summed E-state index contributed by atoms with van der Waals surface area (Å²) < 4.78 is 45.4. The Bertz CT molecular complexity index is 1390. The van der Waals surface area contributed by atoms with E-state index in [0.717, 1.165) is 6.07 Å². The Morgan fingerprint density at radius 1 is 0.943 bits per heavy atom. The van der Waals surface area contributed by atoms with Crippen LogP contribution in [-0.2, 0) is 0 Å². The fourth-order valence-electron chi connectivity index (χ4n) is 3.34. The monoisotopic (exact) mass is 500 g/mol. The van der Waals surface area contributed by atoms with Crippen LogP contribution >= 0.6 is 11.6 Å². The molecule has 1 N–H and O–H groups in total. The average Bonchev–Trinajstić information content (AvgIpc) is 3.32. The zero-order valence-electron chi connectivity index (χ0n) is 18.8. The average molecular weight is 501 g/mol. The third-order valence-corrected chi connectivity index (χ3v) is 5.29. The smallest absolute Gasteiger partial charge is 0.295 e. The maximum atomic E-state index is 14.0. The SMILES string of the molecule is COc1cc(-c2nc(C(=O)Nc3ccccc3F)nn2-c2ccc(F)c(Cl)c2)cc(OC)c1OC. The first-order valence-corrected chi connectivity index (χ1v) is 10.5. The molecule has 180 valence electrons. The highest BCUT2D eigenvalue weighted by atomic mass is 35.5. The molecule has 3 aromatic carbocycles. The lowest BCUT2D eigenvalue weighted by Crippen LogP contribution is -2.15. The van der Waals surface area contributed by atoms with Gasteiger partial charge in [0.05, 0.1) is 37.7 Å². The van der Waals surface area contributed by atoms with Gasteiger partial charge in [-0.3, -0.25) is 4.79 Å². The number of hydrogen-bond donors (Lipinski definition) is 1.